The summed E-state index contributed by atoms with van der Waals surface area (Å²) < 4.78 is 152. The number of nitrogen functional groups attached to an aromatic ring is 4. The molecule has 8 aromatic rings. The van der Waals surface area contributed by atoms with Crippen LogP contribution >= 0.6 is 39.1 Å². The number of phosphoric ester groups is 5. The molecule has 56 heteroatoms. The number of aliphatic hydroxyl groups is 1. The Labute approximate surface area is 582 Å². The van der Waals surface area contributed by atoms with Gasteiger partial charge in [0, 0.05) is 50.1 Å². The molecule has 5 fully saturated rings. The Morgan fingerprint density at radius 1 is 0.476 bits per heavy atom. The van der Waals surface area contributed by atoms with Gasteiger partial charge < -0.3 is 81.1 Å². The first-order chi connectivity index (χ1) is 49.5. The van der Waals surface area contributed by atoms with Crippen LogP contribution < -0.4 is 51.0 Å². The van der Waals surface area contributed by atoms with E-state index in [1.54, 1.807) is 0 Å². The van der Waals surface area contributed by atoms with Crippen molar-refractivity contribution in [2.75, 3.05) is 56.0 Å². The van der Waals surface area contributed by atoms with E-state index in [-0.39, 0.29) is 75.4 Å². The molecule has 0 aromatic carbocycles. The van der Waals surface area contributed by atoms with Crippen LogP contribution in [0, 0.1) is 6.92 Å². The number of nitrogens with one attached hydrogen (secondary N) is 3. The molecule has 8 aromatic heterocycles. The summed E-state index contributed by atoms with van der Waals surface area (Å²) in [6.45, 7) is -3.62. The summed E-state index contributed by atoms with van der Waals surface area (Å²) in [7, 11) is -27.1. The van der Waals surface area contributed by atoms with Crippen molar-refractivity contribution in [2.24, 2.45) is 0 Å². The van der Waals surface area contributed by atoms with Crippen LogP contribution in [0.25, 0.3) is 33.5 Å². The van der Waals surface area contributed by atoms with E-state index in [1.807, 2.05) is 4.98 Å². The number of H-pyrrole nitrogens is 3. The fourth-order valence-corrected chi connectivity index (χ4v) is 16.2. The van der Waals surface area contributed by atoms with Crippen LogP contribution in [0.3, 0.4) is 0 Å². The molecule has 0 bridgehead atoms. The first-order valence-corrected chi connectivity index (χ1v) is 38.3. The molecule has 19 atom stereocenters. The van der Waals surface area contributed by atoms with E-state index >= 15 is 0 Å². The van der Waals surface area contributed by atoms with Gasteiger partial charge in [-0.15, -0.1) is 0 Å². The predicted octanol–water partition coefficient (Wildman–Crippen LogP) is -2.55. The molecule has 0 aliphatic carbocycles. The molecule has 5 saturated heterocycles. The van der Waals surface area contributed by atoms with Gasteiger partial charge in [0.25, 0.3) is 16.7 Å². The van der Waals surface area contributed by atoms with Gasteiger partial charge in [-0.2, -0.15) is 15.0 Å². The highest BCUT2D eigenvalue weighted by molar-refractivity contribution is 7.48. The van der Waals surface area contributed by atoms with Crippen molar-refractivity contribution >= 4 is 96.1 Å². The highest BCUT2D eigenvalue weighted by Gasteiger charge is 2.50. The predicted molar refractivity (Wildman–Crippen MR) is 343 cm³/mol. The molecule has 51 nitrogen and oxygen atoms in total. The Balaban J connectivity index is 0.702. The van der Waals surface area contributed by atoms with E-state index in [0.717, 1.165) is 38.7 Å². The maximum atomic E-state index is 14.3. The number of nitrogens with two attached hydrogens (primary N) is 4. The van der Waals surface area contributed by atoms with E-state index in [0.29, 0.717) is 0 Å². The lowest BCUT2D eigenvalue weighted by Gasteiger charge is -2.25. The number of aryl methyl sites for hydroxylation is 1. The Bertz CT molecular complexity index is 5180. The number of aliphatic hydroxyl groups excluding tert-OH is 1. The zero-order chi connectivity index (χ0) is 75.0. The van der Waals surface area contributed by atoms with Gasteiger partial charge in [-0.3, -0.25) is 92.9 Å². The van der Waals surface area contributed by atoms with Crippen molar-refractivity contribution in [1.82, 2.24) is 77.7 Å². The van der Waals surface area contributed by atoms with Crippen LogP contribution in [0.5, 0.6) is 0 Å². The van der Waals surface area contributed by atoms with Gasteiger partial charge in [0.2, 0.25) is 11.9 Å². The summed E-state index contributed by atoms with van der Waals surface area (Å²) in [5, 5.41) is 11.0. The number of hydrogen-bond donors (Lipinski definition) is 14. The smallest absolute Gasteiger partial charge is 0.390 e. The van der Waals surface area contributed by atoms with Crippen LogP contribution in [0.15, 0.2) is 67.7 Å². The number of phosphoric acid groups is 5. The van der Waals surface area contributed by atoms with Crippen molar-refractivity contribution in [2.45, 2.75) is 131 Å². The number of hydrogen-bond acceptors (Lipinski definition) is 37. The van der Waals surface area contributed by atoms with Crippen LogP contribution in [0.1, 0.15) is 68.8 Å². The quantitative estimate of drug-likeness (QED) is 0.0225. The number of aromatic amines is 3. The topological polar surface area (TPSA) is 721 Å². The number of rotatable bonds is 28. The average molecular weight is 1580 g/mol. The maximum Gasteiger partial charge on any atom is 0.472 e. The molecule has 0 saturated carbocycles. The number of imidazole rings is 3. The second-order valence-corrected chi connectivity index (χ2v) is 30.8. The summed E-state index contributed by atoms with van der Waals surface area (Å²) in [6, 6.07) is 1.19. The minimum atomic E-state index is -5.58. The van der Waals surface area contributed by atoms with Gasteiger partial charge in [0.05, 0.1) is 58.1 Å². The zero-order valence-electron chi connectivity index (χ0n) is 53.6. The van der Waals surface area contributed by atoms with Crippen molar-refractivity contribution in [3.63, 3.8) is 0 Å². The van der Waals surface area contributed by atoms with Gasteiger partial charge in [0.1, 0.15) is 104 Å². The molecule has 4 unspecified atom stereocenters. The SMILES string of the molecule is Cc1cn([C@H]2C[C@H](OP(=O)(O)OC[C@H]3O[C@@H](n4cnc5c(=O)[nH]c(N)nc54)C[C@@H]3OP(=O)(O)OC[C@H]3O[C@@H](n4ccc(N)nc4=O)C[C@@H]3OP(=O)(O)OC[C@H]3O[C@@H](n4cnc5c(N)ncnc54)C[C@@H]3OP(=O)(O)OC[C@H]3O[C@@H](n4cnc5c(=O)[nH]c(N)nc54)C[C@@H]3O)[C@@H](COP(=O)(O)O)O2)c(=O)[nH]c1=O. The first kappa shape index (κ1) is 75.6. The lowest BCUT2D eigenvalue weighted by molar-refractivity contribution is -0.0639. The first-order valence-electron chi connectivity index (χ1n) is 30.8. The monoisotopic (exact) mass is 1580 g/mol. The van der Waals surface area contributed by atoms with Crippen LogP contribution in [-0.4, -0.2) is 206 Å². The zero-order valence-corrected chi connectivity index (χ0v) is 58.0. The molecule has 5 aliphatic heterocycles. The molecule has 105 heavy (non-hydrogen) atoms. The molecule has 0 spiro atoms. The summed E-state index contributed by atoms with van der Waals surface area (Å²) in [6.07, 6.45) is -17.7. The summed E-state index contributed by atoms with van der Waals surface area (Å²) >= 11 is 0. The van der Waals surface area contributed by atoms with Gasteiger partial charge in [-0.05, 0) is 13.0 Å². The second kappa shape index (κ2) is 29.5. The van der Waals surface area contributed by atoms with E-state index in [9.17, 15) is 81.3 Å². The van der Waals surface area contributed by atoms with Gasteiger partial charge >= 0.3 is 50.5 Å². The summed E-state index contributed by atoms with van der Waals surface area (Å²) in [4.78, 5) is 167. The van der Waals surface area contributed by atoms with E-state index in [2.05, 4.69) is 54.4 Å². The lowest BCUT2D eigenvalue weighted by Crippen LogP contribution is -2.33. The third kappa shape index (κ3) is 17.0. The minimum absolute atomic E-state index is 0.0122. The van der Waals surface area contributed by atoms with Gasteiger partial charge in [0.15, 0.2) is 33.8 Å². The van der Waals surface area contributed by atoms with Crippen LogP contribution in [0.4, 0.5) is 23.5 Å². The van der Waals surface area contributed by atoms with Gasteiger partial charge in [-0.1, -0.05) is 0 Å². The Kier molecular flexibility index (Phi) is 21.2. The fourth-order valence-electron chi connectivity index (χ4n) is 12.0. The van der Waals surface area contributed by atoms with Crippen molar-refractivity contribution < 1.29 is 122 Å². The maximum absolute atomic E-state index is 14.3. The summed E-state index contributed by atoms with van der Waals surface area (Å²) in [5.74, 6) is -0.879. The third-order valence-electron chi connectivity index (χ3n) is 16.9. The molecular weight excluding hydrogens is 1520 g/mol. The molecule has 570 valence electrons. The molecule has 5 aliphatic rings. The van der Waals surface area contributed by atoms with Crippen molar-refractivity contribution in [1.29, 1.82) is 0 Å². The Morgan fingerprint density at radius 2 is 0.867 bits per heavy atom. The largest absolute Gasteiger partial charge is 0.472 e. The lowest BCUT2D eigenvalue weighted by atomic mass is 10.2. The van der Waals surface area contributed by atoms with E-state index < -0.39 is 212 Å². The van der Waals surface area contributed by atoms with Crippen molar-refractivity contribution in [3.05, 3.63) is 101 Å². The van der Waals surface area contributed by atoms with E-state index in [1.165, 1.54) is 34.8 Å². The van der Waals surface area contributed by atoms with Crippen molar-refractivity contribution in [3.8, 4) is 0 Å². The number of anilines is 4. The Morgan fingerprint density at radius 3 is 1.31 bits per heavy atom. The molecular formula is C49H63N20O31P5. The standard InChI is InChI=1S/C49H63N20O31P5/c1-19-9-66(49(75)64-43(19)71)33-6-22(26(94-33)11-87-101(76,77)78)98-104(83,84)91-14-29-24(8-35(96-29)69-18-58-38-42(69)61-47(53)63-45(38)73)100-105(85,86)89-12-27-21(5-32(93-27)65-3-2-30(50)59-48(65)74)97-103(81,82)90-13-28-23(7-34(95-28)67-16-56-36-39(51)54-15-55-40(36)67)99-102(79,80)88-10-25-20(70)4-31(92-25)68-17-57-37-41(68)60-46(52)62-44(37)72/h2-3,9,15-18,20-29,31-35,70H,4-8,10-14H2,1H3,(H,79,80)(H,81,82)(H,83,84)(H,85,86)(H2,50,59,74)(H2,51,54,55)(H,64,71,75)(H2,76,77,78)(H3,52,60,62,72)(H3,53,61,63,73)/t20-,21-,22-,23-,24-,25+,26+,27+,28+,29+,31+,32+,33+,34+,35+/m0/s1. The van der Waals surface area contributed by atoms with Gasteiger partial charge in [-0.25, -0.2) is 57.3 Å². The molecule has 18 N–H and O–H groups in total. The Hall–Kier alpha value is -7.68. The summed E-state index contributed by atoms with van der Waals surface area (Å²) in [5.41, 5.74) is 18.8. The minimum Gasteiger partial charge on any atom is -0.390 e. The van der Waals surface area contributed by atoms with E-state index in [4.69, 9.17) is 82.8 Å². The second-order valence-electron chi connectivity index (χ2n) is 24.0. The average Bonchev–Trinajstić information content (AvgIpc) is 1.62. The number of fused-ring (bicyclic) bond motifs is 3. The molecule has 13 rings (SSSR count). The third-order valence-corrected chi connectivity index (χ3v) is 21.4. The molecule has 0 amide bonds. The van der Waals surface area contributed by atoms with Crippen LogP contribution in [-0.2, 0) is 87.2 Å². The fraction of sp³-hybridized carbons (Fsp3) is 0.531. The number of nitrogens with zero attached hydrogens (tertiary/aromatic N) is 13. The number of aromatic nitrogens is 16. The number of ether oxygens (including phenoxy) is 5. The highest BCUT2D eigenvalue weighted by Crippen LogP contribution is 2.55. The molecule has 0 radical (unpaired) electrons. The highest BCUT2D eigenvalue weighted by atomic mass is 31.2. The normalized spacial score (nSPS) is 28.9. The van der Waals surface area contributed by atoms with Crippen LogP contribution in [0.2, 0.25) is 0 Å². The molecule has 13 heterocycles.